The van der Waals surface area contributed by atoms with Crippen molar-refractivity contribution >= 4 is 39.1 Å². The Morgan fingerprint density at radius 2 is 1.74 bits per heavy atom. The molecule has 0 saturated heterocycles. The smallest absolute Gasteiger partial charge is 0.269 e. The SMILES string of the molecule is O=C(CCc1cccnc1)NNC(=O)c1cccc(S(=O)(=O)Nc2ccc(Cl)cc2)c1. The zero-order valence-electron chi connectivity index (χ0n) is 16.2. The molecule has 3 rings (SSSR count). The van der Waals surface area contributed by atoms with E-state index < -0.39 is 15.9 Å². The molecular formula is C21H19ClN4O4S. The van der Waals surface area contributed by atoms with Crippen LogP contribution in [0.25, 0.3) is 0 Å². The number of hydrazine groups is 1. The molecule has 0 aliphatic rings. The van der Waals surface area contributed by atoms with Crippen LogP contribution in [0.5, 0.6) is 0 Å². The first-order valence-corrected chi connectivity index (χ1v) is 11.1. The highest BCUT2D eigenvalue weighted by molar-refractivity contribution is 7.92. The molecule has 0 aliphatic heterocycles. The molecule has 0 radical (unpaired) electrons. The van der Waals surface area contributed by atoms with Crippen molar-refractivity contribution < 1.29 is 18.0 Å². The van der Waals surface area contributed by atoms with Gasteiger partial charge in [-0.25, -0.2) is 8.42 Å². The summed E-state index contributed by atoms with van der Waals surface area (Å²) in [4.78, 5) is 28.2. The third kappa shape index (κ3) is 6.53. The number of hydrogen-bond acceptors (Lipinski definition) is 5. The summed E-state index contributed by atoms with van der Waals surface area (Å²) in [6.07, 6.45) is 3.93. The third-order valence-corrected chi connectivity index (χ3v) is 5.81. The summed E-state index contributed by atoms with van der Waals surface area (Å²) in [5.41, 5.74) is 5.91. The Hall–Kier alpha value is -3.43. The van der Waals surface area contributed by atoms with Crippen molar-refractivity contribution in [2.24, 2.45) is 0 Å². The largest absolute Gasteiger partial charge is 0.280 e. The van der Waals surface area contributed by atoms with Gasteiger partial charge in [-0.05, 0) is 60.5 Å². The Morgan fingerprint density at radius 1 is 0.968 bits per heavy atom. The lowest BCUT2D eigenvalue weighted by molar-refractivity contribution is -0.121. The zero-order valence-corrected chi connectivity index (χ0v) is 17.8. The number of anilines is 1. The Morgan fingerprint density at radius 3 is 2.45 bits per heavy atom. The van der Waals surface area contributed by atoms with Gasteiger partial charge in [0.05, 0.1) is 4.90 Å². The Bertz CT molecular complexity index is 1170. The molecule has 0 fully saturated rings. The van der Waals surface area contributed by atoms with Crippen LogP contribution in [-0.2, 0) is 21.2 Å². The van der Waals surface area contributed by atoms with Gasteiger partial charge >= 0.3 is 0 Å². The number of aryl methyl sites for hydroxylation is 1. The molecule has 0 spiro atoms. The summed E-state index contributed by atoms with van der Waals surface area (Å²) >= 11 is 5.80. The predicted molar refractivity (Wildman–Crippen MR) is 117 cm³/mol. The van der Waals surface area contributed by atoms with E-state index in [0.717, 1.165) is 5.56 Å². The predicted octanol–water partition coefficient (Wildman–Crippen LogP) is 2.93. The molecule has 10 heteroatoms. The molecule has 0 bridgehead atoms. The molecule has 160 valence electrons. The van der Waals surface area contributed by atoms with E-state index in [1.165, 1.54) is 36.4 Å². The summed E-state index contributed by atoms with van der Waals surface area (Å²) in [5.74, 6) is -1.02. The van der Waals surface area contributed by atoms with Gasteiger partial charge < -0.3 is 0 Å². The number of carbonyl (C=O) groups excluding carboxylic acids is 2. The number of aromatic nitrogens is 1. The molecular weight excluding hydrogens is 440 g/mol. The summed E-state index contributed by atoms with van der Waals surface area (Å²) in [5, 5.41) is 0.476. The second-order valence-electron chi connectivity index (χ2n) is 6.50. The molecule has 0 atom stereocenters. The minimum absolute atomic E-state index is 0.0755. The highest BCUT2D eigenvalue weighted by Gasteiger charge is 2.17. The van der Waals surface area contributed by atoms with E-state index >= 15 is 0 Å². The number of nitrogens with one attached hydrogen (secondary N) is 3. The second-order valence-corrected chi connectivity index (χ2v) is 8.62. The molecule has 1 aromatic heterocycles. The number of rotatable bonds is 7. The van der Waals surface area contributed by atoms with Gasteiger partial charge in [-0.15, -0.1) is 0 Å². The maximum Gasteiger partial charge on any atom is 0.269 e. The van der Waals surface area contributed by atoms with Gasteiger partial charge in [0, 0.05) is 35.1 Å². The molecule has 0 unspecified atom stereocenters. The number of pyridine rings is 1. The van der Waals surface area contributed by atoms with E-state index in [1.54, 1.807) is 30.6 Å². The molecule has 31 heavy (non-hydrogen) atoms. The highest BCUT2D eigenvalue weighted by Crippen LogP contribution is 2.19. The fraction of sp³-hybridized carbons (Fsp3) is 0.0952. The molecule has 2 aromatic carbocycles. The number of nitrogens with zero attached hydrogens (tertiary/aromatic N) is 1. The summed E-state index contributed by atoms with van der Waals surface area (Å²) in [6.45, 7) is 0. The summed E-state index contributed by atoms with van der Waals surface area (Å²) in [6, 6.07) is 15.3. The normalized spacial score (nSPS) is 10.9. The van der Waals surface area contributed by atoms with Gasteiger partial charge in [-0.3, -0.25) is 30.1 Å². The number of benzene rings is 2. The van der Waals surface area contributed by atoms with Crippen LogP contribution in [0, 0.1) is 0 Å². The minimum atomic E-state index is -3.92. The van der Waals surface area contributed by atoms with Crippen molar-refractivity contribution in [3.8, 4) is 0 Å². The lowest BCUT2D eigenvalue weighted by atomic mass is 10.1. The number of sulfonamides is 1. The van der Waals surface area contributed by atoms with E-state index in [1.807, 2.05) is 6.07 Å². The number of amides is 2. The molecule has 0 aliphatic carbocycles. The third-order valence-electron chi connectivity index (χ3n) is 4.18. The van der Waals surface area contributed by atoms with Crippen LogP contribution in [0.15, 0.2) is 78.0 Å². The van der Waals surface area contributed by atoms with Crippen LogP contribution in [0.4, 0.5) is 5.69 Å². The van der Waals surface area contributed by atoms with E-state index in [0.29, 0.717) is 17.1 Å². The van der Waals surface area contributed by atoms with Gasteiger partial charge in [0.25, 0.3) is 15.9 Å². The number of hydrogen-bond donors (Lipinski definition) is 3. The van der Waals surface area contributed by atoms with Gasteiger partial charge in [0.15, 0.2) is 0 Å². The lowest BCUT2D eigenvalue weighted by Crippen LogP contribution is -2.41. The van der Waals surface area contributed by atoms with Crippen LogP contribution < -0.4 is 15.6 Å². The Labute approximate surface area is 184 Å². The van der Waals surface area contributed by atoms with E-state index in [9.17, 15) is 18.0 Å². The van der Waals surface area contributed by atoms with Crippen molar-refractivity contribution in [2.75, 3.05) is 4.72 Å². The molecule has 2 amide bonds. The average Bonchev–Trinajstić information content (AvgIpc) is 2.78. The number of carbonyl (C=O) groups is 2. The number of halogens is 1. The second kappa shape index (κ2) is 10.1. The van der Waals surface area contributed by atoms with Crippen LogP contribution in [0.3, 0.4) is 0 Å². The molecule has 8 nitrogen and oxygen atoms in total. The van der Waals surface area contributed by atoms with Crippen LogP contribution in [-0.4, -0.2) is 25.2 Å². The quantitative estimate of drug-likeness (QED) is 0.470. The maximum atomic E-state index is 12.6. The average molecular weight is 459 g/mol. The van der Waals surface area contributed by atoms with Crippen LogP contribution in [0.1, 0.15) is 22.3 Å². The first-order chi connectivity index (χ1) is 14.8. The molecule has 3 aromatic rings. The molecule has 3 N–H and O–H groups in total. The van der Waals surface area contributed by atoms with Crippen molar-refractivity contribution in [1.29, 1.82) is 0 Å². The summed E-state index contributed by atoms with van der Waals surface area (Å²) in [7, 11) is -3.92. The van der Waals surface area contributed by atoms with Crippen molar-refractivity contribution in [3.05, 3.63) is 89.2 Å². The Kier molecular flexibility index (Phi) is 7.22. The van der Waals surface area contributed by atoms with E-state index in [-0.39, 0.29) is 22.8 Å². The fourth-order valence-corrected chi connectivity index (χ4v) is 3.83. The van der Waals surface area contributed by atoms with Crippen LogP contribution in [0.2, 0.25) is 5.02 Å². The van der Waals surface area contributed by atoms with Crippen molar-refractivity contribution in [2.45, 2.75) is 17.7 Å². The maximum absolute atomic E-state index is 12.6. The minimum Gasteiger partial charge on any atom is -0.280 e. The van der Waals surface area contributed by atoms with E-state index in [2.05, 4.69) is 20.6 Å². The summed E-state index contributed by atoms with van der Waals surface area (Å²) < 4.78 is 27.6. The van der Waals surface area contributed by atoms with Crippen molar-refractivity contribution in [3.63, 3.8) is 0 Å². The first-order valence-electron chi connectivity index (χ1n) is 9.20. The van der Waals surface area contributed by atoms with Gasteiger partial charge in [-0.2, -0.15) is 0 Å². The van der Waals surface area contributed by atoms with Gasteiger partial charge in [0.1, 0.15) is 0 Å². The van der Waals surface area contributed by atoms with Gasteiger partial charge in [0.2, 0.25) is 5.91 Å². The zero-order chi connectivity index (χ0) is 22.3. The lowest BCUT2D eigenvalue weighted by Gasteiger charge is -2.10. The highest BCUT2D eigenvalue weighted by atomic mass is 35.5. The monoisotopic (exact) mass is 458 g/mol. The standard InChI is InChI=1S/C21H19ClN4O4S/c22-17-7-9-18(10-8-17)26-31(29,30)19-5-1-4-16(13-19)21(28)25-24-20(27)11-6-15-3-2-12-23-14-15/h1-5,7-10,12-14,26H,6,11H2,(H,24,27)(H,25,28). The van der Waals surface area contributed by atoms with Crippen molar-refractivity contribution in [1.82, 2.24) is 15.8 Å². The topological polar surface area (TPSA) is 117 Å². The first kappa shape index (κ1) is 22.3. The van der Waals surface area contributed by atoms with E-state index in [4.69, 9.17) is 11.6 Å². The van der Waals surface area contributed by atoms with Crippen LogP contribution >= 0.6 is 11.6 Å². The van der Waals surface area contributed by atoms with Gasteiger partial charge in [-0.1, -0.05) is 23.7 Å². The Balaban J connectivity index is 1.59. The molecule has 0 saturated carbocycles. The fourth-order valence-electron chi connectivity index (χ4n) is 2.60. The molecule has 1 heterocycles.